The van der Waals surface area contributed by atoms with Gasteiger partial charge in [0.2, 0.25) is 11.8 Å². The van der Waals surface area contributed by atoms with E-state index in [1.807, 2.05) is 41.4 Å². The zero-order valence-corrected chi connectivity index (χ0v) is 14.2. The first-order valence-corrected chi connectivity index (χ1v) is 8.58. The van der Waals surface area contributed by atoms with Gasteiger partial charge in [0.25, 0.3) is 0 Å². The van der Waals surface area contributed by atoms with Crippen LogP contribution in [-0.2, 0) is 11.2 Å². The summed E-state index contributed by atoms with van der Waals surface area (Å²) < 4.78 is 5.84. The predicted octanol–water partition coefficient (Wildman–Crippen LogP) is 2.66. The van der Waals surface area contributed by atoms with Gasteiger partial charge < -0.3 is 14.6 Å². The summed E-state index contributed by atoms with van der Waals surface area (Å²) in [6.07, 6.45) is 4.49. The molecule has 1 atom stereocenters. The van der Waals surface area contributed by atoms with Gasteiger partial charge in [-0.1, -0.05) is 18.2 Å². The fraction of sp³-hybridized carbons (Fsp3) is 0.250. The van der Waals surface area contributed by atoms with Crippen molar-refractivity contribution in [1.82, 2.24) is 14.9 Å². The van der Waals surface area contributed by atoms with E-state index < -0.39 is 0 Å². The first-order chi connectivity index (χ1) is 12.7. The minimum atomic E-state index is -0.0673. The average molecular weight is 346 g/mol. The molecule has 1 aliphatic rings. The molecule has 0 saturated carbocycles. The SMILES string of the molecule is N#Cc1ccc(OC2CCN(C(=O)Cc3c[nH]c4ccccc34)C2)nc1. The van der Waals surface area contributed by atoms with E-state index in [0.29, 0.717) is 31.0 Å². The minimum Gasteiger partial charge on any atom is -0.472 e. The lowest BCUT2D eigenvalue weighted by Gasteiger charge is -2.17. The summed E-state index contributed by atoms with van der Waals surface area (Å²) in [5.74, 6) is 0.591. The van der Waals surface area contributed by atoms with Gasteiger partial charge in [0.15, 0.2) is 0 Å². The molecule has 1 amide bonds. The third kappa shape index (κ3) is 3.24. The van der Waals surface area contributed by atoms with Crippen molar-refractivity contribution in [2.75, 3.05) is 13.1 Å². The second-order valence-corrected chi connectivity index (χ2v) is 6.40. The summed E-state index contributed by atoms with van der Waals surface area (Å²) >= 11 is 0. The number of rotatable bonds is 4. The number of aromatic nitrogens is 2. The third-order valence-corrected chi connectivity index (χ3v) is 4.67. The highest BCUT2D eigenvalue weighted by molar-refractivity contribution is 5.89. The molecule has 3 aromatic rings. The quantitative estimate of drug-likeness (QED) is 0.787. The molecule has 4 rings (SSSR count). The summed E-state index contributed by atoms with van der Waals surface area (Å²) in [7, 11) is 0. The number of H-pyrrole nitrogens is 1. The van der Waals surface area contributed by atoms with Crippen LogP contribution in [0.3, 0.4) is 0 Å². The predicted molar refractivity (Wildman–Crippen MR) is 96.6 cm³/mol. The third-order valence-electron chi connectivity index (χ3n) is 4.67. The highest BCUT2D eigenvalue weighted by Crippen LogP contribution is 2.21. The number of fused-ring (bicyclic) bond motifs is 1. The van der Waals surface area contributed by atoms with E-state index in [1.54, 1.807) is 12.1 Å². The van der Waals surface area contributed by atoms with Gasteiger partial charge in [-0.05, 0) is 17.7 Å². The number of benzene rings is 1. The highest BCUT2D eigenvalue weighted by atomic mass is 16.5. The van der Waals surface area contributed by atoms with E-state index in [4.69, 9.17) is 10.00 Å². The lowest BCUT2D eigenvalue weighted by atomic mass is 10.1. The maximum absolute atomic E-state index is 12.6. The van der Waals surface area contributed by atoms with Gasteiger partial charge in [0.1, 0.15) is 12.2 Å². The van der Waals surface area contributed by atoms with Crippen LogP contribution in [0, 0.1) is 11.3 Å². The Hall–Kier alpha value is -3.33. The zero-order valence-electron chi connectivity index (χ0n) is 14.2. The largest absolute Gasteiger partial charge is 0.472 e. The maximum atomic E-state index is 12.6. The molecular formula is C20H18N4O2. The monoisotopic (exact) mass is 346 g/mol. The number of hydrogen-bond donors (Lipinski definition) is 1. The molecule has 1 unspecified atom stereocenters. The second kappa shape index (κ2) is 6.89. The zero-order chi connectivity index (χ0) is 17.9. The van der Waals surface area contributed by atoms with Crippen LogP contribution in [0.4, 0.5) is 0 Å². The number of amides is 1. The van der Waals surface area contributed by atoms with Crippen molar-refractivity contribution in [2.45, 2.75) is 18.9 Å². The molecule has 1 aliphatic heterocycles. The molecule has 130 valence electrons. The standard InChI is InChI=1S/C20H18N4O2/c21-10-14-5-6-19(23-11-14)26-16-7-8-24(13-16)20(25)9-15-12-22-18-4-2-1-3-17(15)18/h1-6,11-12,16,22H,7-9,13H2. The summed E-state index contributed by atoms with van der Waals surface area (Å²) in [6, 6.07) is 13.4. The van der Waals surface area contributed by atoms with Crippen LogP contribution in [-0.4, -0.2) is 40.0 Å². The number of hydrogen-bond acceptors (Lipinski definition) is 4. The molecule has 1 saturated heterocycles. The molecule has 1 N–H and O–H groups in total. The molecule has 0 radical (unpaired) electrons. The first-order valence-electron chi connectivity index (χ1n) is 8.58. The van der Waals surface area contributed by atoms with Crippen molar-refractivity contribution in [3.63, 3.8) is 0 Å². The summed E-state index contributed by atoms with van der Waals surface area (Å²) in [5.41, 5.74) is 2.56. The molecule has 3 heterocycles. The van der Waals surface area contributed by atoms with Gasteiger partial charge in [-0.25, -0.2) is 4.98 Å². The Morgan fingerprint density at radius 2 is 2.23 bits per heavy atom. The Morgan fingerprint density at radius 1 is 1.35 bits per heavy atom. The molecule has 6 heteroatoms. The number of para-hydroxylation sites is 1. The lowest BCUT2D eigenvalue weighted by Crippen LogP contribution is -2.32. The second-order valence-electron chi connectivity index (χ2n) is 6.40. The fourth-order valence-corrected chi connectivity index (χ4v) is 3.29. The van der Waals surface area contributed by atoms with E-state index >= 15 is 0 Å². The van der Waals surface area contributed by atoms with Crippen LogP contribution in [0.1, 0.15) is 17.5 Å². The van der Waals surface area contributed by atoms with Crippen molar-refractivity contribution >= 4 is 16.8 Å². The Kier molecular flexibility index (Phi) is 4.28. The molecule has 6 nitrogen and oxygen atoms in total. The smallest absolute Gasteiger partial charge is 0.227 e. The molecule has 2 aromatic heterocycles. The molecule has 1 aromatic carbocycles. The fourth-order valence-electron chi connectivity index (χ4n) is 3.29. The Morgan fingerprint density at radius 3 is 3.04 bits per heavy atom. The van der Waals surface area contributed by atoms with E-state index in [-0.39, 0.29) is 12.0 Å². The van der Waals surface area contributed by atoms with Crippen LogP contribution in [0.15, 0.2) is 48.8 Å². The Balaban J connectivity index is 1.37. The molecule has 0 spiro atoms. The van der Waals surface area contributed by atoms with E-state index in [2.05, 4.69) is 9.97 Å². The van der Waals surface area contributed by atoms with Gasteiger partial charge in [-0.3, -0.25) is 4.79 Å². The lowest BCUT2D eigenvalue weighted by molar-refractivity contribution is -0.129. The number of pyridine rings is 1. The van der Waals surface area contributed by atoms with Crippen molar-refractivity contribution in [3.05, 3.63) is 59.9 Å². The van der Waals surface area contributed by atoms with Crippen molar-refractivity contribution < 1.29 is 9.53 Å². The van der Waals surface area contributed by atoms with Crippen LogP contribution in [0.25, 0.3) is 10.9 Å². The minimum absolute atomic E-state index is 0.0673. The summed E-state index contributed by atoms with van der Waals surface area (Å²) in [5, 5.41) is 9.90. The van der Waals surface area contributed by atoms with Gasteiger partial charge in [-0.15, -0.1) is 0 Å². The number of nitrogens with zero attached hydrogens (tertiary/aromatic N) is 3. The summed E-state index contributed by atoms with van der Waals surface area (Å²) in [6.45, 7) is 1.24. The van der Waals surface area contributed by atoms with Crippen molar-refractivity contribution in [1.29, 1.82) is 5.26 Å². The van der Waals surface area contributed by atoms with Gasteiger partial charge in [0.05, 0.1) is 18.5 Å². The number of ether oxygens (including phenoxy) is 1. The van der Waals surface area contributed by atoms with Crippen LogP contribution in [0.5, 0.6) is 5.88 Å². The molecule has 1 fully saturated rings. The maximum Gasteiger partial charge on any atom is 0.227 e. The number of carbonyl (C=O) groups excluding carboxylic acids is 1. The van der Waals surface area contributed by atoms with Crippen LogP contribution >= 0.6 is 0 Å². The first kappa shape index (κ1) is 16.2. The van der Waals surface area contributed by atoms with Crippen molar-refractivity contribution in [3.8, 4) is 11.9 Å². The van der Waals surface area contributed by atoms with E-state index in [0.717, 1.165) is 22.9 Å². The number of carbonyl (C=O) groups is 1. The Labute approximate surface area is 151 Å². The van der Waals surface area contributed by atoms with Crippen LogP contribution < -0.4 is 4.74 Å². The number of nitriles is 1. The number of likely N-dealkylation sites (tertiary alicyclic amines) is 1. The Bertz CT molecular complexity index is 971. The normalized spacial score (nSPS) is 16.6. The number of aromatic amines is 1. The molecule has 0 aliphatic carbocycles. The van der Waals surface area contributed by atoms with Crippen molar-refractivity contribution in [2.24, 2.45) is 0 Å². The molecule has 0 bridgehead atoms. The highest BCUT2D eigenvalue weighted by Gasteiger charge is 2.28. The van der Waals surface area contributed by atoms with Gasteiger partial charge >= 0.3 is 0 Å². The van der Waals surface area contributed by atoms with Crippen LogP contribution in [0.2, 0.25) is 0 Å². The summed E-state index contributed by atoms with van der Waals surface area (Å²) in [4.78, 5) is 21.8. The molecular weight excluding hydrogens is 328 g/mol. The number of nitrogens with one attached hydrogen (secondary N) is 1. The average Bonchev–Trinajstić information content (AvgIpc) is 3.30. The van der Waals surface area contributed by atoms with E-state index in [1.165, 1.54) is 6.20 Å². The topological polar surface area (TPSA) is 82.0 Å². The van der Waals surface area contributed by atoms with E-state index in [9.17, 15) is 4.79 Å². The molecule has 26 heavy (non-hydrogen) atoms. The van der Waals surface area contributed by atoms with Gasteiger partial charge in [-0.2, -0.15) is 5.26 Å². The van der Waals surface area contributed by atoms with Gasteiger partial charge in [0, 0.05) is 42.3 Å².